The first kappa shape index (κ1) is 12.4. The molecular formula is C14H14N6. The number of hydrogen-bond donors (Lipinski definition) is 1. The van der Waals surface area contributed by atoms with Gasteiger partial charge in [-0.2, -0.15) is 5.11 Å². The van der Waals surface area contributed by atoms with E-state index >= 15 is 0 Å². The molecule has 6 heteroatoms. The maximum Gasteiger partial charge on any atom is 0.203 e. The third kappa shape index (κ3) is 2.27. The number of H-pyrrole nitrogens is 1. The number of rotatable bonds is 3. The summed E-state index contributed by atoms with van der Waals surface area (Å²) in [4.78, 5) is 15.2. The van der Waals surface area contributed by atoms with E-state index in [2.05, 4.69) is 56.1 Å². The van der Waals surface area contributed by atoms with E-state index in [0.29, 0.717) is 23.5 Å². The van der Waals surface area contributed by atoms with Crippen LogP contribution in [0.2, 0.25) is 0 Å². The Morgan fingerprint density at radius 3 is 2.70 bits per heavy atom. The summed E-state index contributed by atoms with van der Waals surface area (Å²) in [5, 5.41) is 8.44. The molecule has 0 saturated carbocycles. The number of azo groups is 1. The zero-order chi connectivity index (χ0) is 13.9. The van der Waals surface area contributed by atoms with Crippen molar-refractivity contribution in [1.29, 1.82) is 0 Å². The van der Waals surface area contributed by atoms with E-state index in [-0.39, 0.29) is 0 Å². The highest BCUT2D eigenvalue weighted by molar-refractivity contribution is 5.79. The smallest absolute Gasteiger partial charge is 0.203 e. The molecule has 100 valence electrons. The third-order valence-electron chi connectivity index (χ3n) is 3.24. The summed E-state index contributed by atoms with van der Waals surface area (Å²) in [5.74, 6) is 0.513. The van der Waals surface area contributed by atoms with Crippen molar-refractivity contribution in [2.75, 3.05) is 0 Å². The molecule has 0 atom stereocenters. The van der Waals surface area contributed by atoms with Crippen LogP contribution in [0.25, 0.3) is 11.2 Å². The van der Waals surface area contributed by atoms with Crippen molar-refractivity contribution in [1.82, 2.24) is 19.9 Å². The van der Waals surface area contributed by atoms with Crippen molar-refractivity contribution in [2.24, 2.45) is 10.2 Å². The molecule has 6 nitrogen and oxygen atoms in total. The number of imidazole rings is 1. The van der Waals surface area contributed by atoms with E-state index in [9.17, 15) is 0 Å². The van der Waals surface area contributed by atoms with E-state index in [0.717, 1.165) is 0 Å². The molecule has 0 unspecified atom stereocenters. The number of hydrogen-bond acceptors (Lipinski definition) is 5. The second-order valence-electron chi connectivity index (χ2n) is 4.57. The van der Waals surface area contributed by atoms with Gasteiger partial charge in [0, 0.05) is 0 Å². The number of aryl methyl sites for hydroxylation is 2. The summed E-state index contributed by atoms with van der Waals surface area (Å²) in [7, 11) is 0. The van der Waals surface area contributed by atoms with E-state index in [1.165, 1.54) is 23.0 Å². The molecule has 0 bridgehead atoms. The van der Waals surface area contributed by atoms with Gasteiger partial charge in [0.25, 0.3) is 0 Å². The van der Waals surface area contributed by atoms with Gasteiger partial charge >= 0.3 is 0 Å². The Bertz CT molecular complexity index is 754. The molecule has 0 aliphatic carbocycles. The van der Waals surface area contributed by atoms with Crippen molar-refractivity contribution < 1.29 is 0 Å². The first-order chi connectivity index (χ1) is 9.75. The summed E-state index contributed by atoms with van der Waals surface area (Å²) in [6.45, 7) is 4.70. The van der Waals surface area contributed by atoms with E-state index in [1.54, 1.807) is 6.33 Å². The number of fused-ring (bicyclic) bond motifs is 1. The predicted octanol–water partition coefficient (Wildman–Crippen LogP) is 3.25. The average Bonchev–Trinajstić information content (AvgIpc) is 2.91. The van der Waals surface area contributed by atoms with Crippen molar-refractivity contribution >= 4 is 17.0 Å². The van der Waals surface area contributed by atoms with Gasteiger partial charge in [-0.25, -0.2) is 15.0 Å². The van der Waals surface area contributed by atoms with Crippen LogP contribution in [-0.4, -0.2) is 19.9 Å². The summed E-state index contributed by atoms with van der Waals surface area (Å²) in [6, 6.07) is 6.20. The van der Waals surface area contributed by atoms with Crippen molar-refractivity contribution in [3.8, 4) is 0 Å². The summed E-state index contributed by atoms with van der Waals surface area (Å²) in [6.07, 6.45) is 3.01. The van der Waals surface area contributed by atoms with Crippen LogP contribution < -0.4 is 0 Å². The Hall–Kier alpha value is -2.63. The van der Waals surface area contributed by atoms with Crippen molar-refractivity contribution in [3.05, 3.63) is 47.5 Å². The third-order valence-corrected chi connectivity index (χ3v) is 3.24. The van der Waals surface area contributed by atoms with Gasteiger partial charge in [-0.15, -0.1) is 5.11 Å². The second kappa shape index (κ2) is 5.16. The highest BCUT2D eigenvalue weighted by Crippen LogP contribution is 2.19. The first-order valence-corrected chi connectivity index (χ1v) is 6.32. The molecular weight excluding hydrogens is 252 g/mol. The van der Waals surface area contributed by atoms with E-state index < -0.39 is 0 Å². The topological polar surface area (TPSA) is 79.2 Å². The quantitative estimate of drug-likeness (QED) is 0.739. The fourth-order valence-corrected chi connectivity index (χ4v) is 2.10. The van der Waals surface area contributed by atoms with Gasteiger partial charge in [0.1, 0.15) is 11.8 Å². The maximum absolute atomic E-state index is 4.25. The van der Waals surface area contributed by atoms with Crippen molar-refractivity contribution in [3.63, 3.8) is 0 Å². The minimum Gasteiger partial charge on any atom is -0.340 e. The van der Waals surface area contributed by atoms with Gasteiger partial charge in [-0.3, -0.25) is 0 Å². The molecule has 0 aliphatic heterocycles. The summed E-state index contributed by atoms with van der Waals surface area (Å²) in [5.41, 5.74) is 4.95. The molecule has 0 saturated heterocycles. The second-order valence-corrected chi connectivity index (χ2v) is 4.57. The highest BCUT2D eigenvalue weighted by Gasteiger charge is 2.05. The Balaban J connectivity index is 1.86. The SMILES string of the molecule is Cc1cccc(C)c1CN=Nc1ncnc2nc[nH]c12. The van der Waals surface area contributed by atoms with Crippen LogP contribution in [0.4, 0.5) is 5.82 Å². The lowest BCUT2D eigenvalue weighted by Gasteiger charge is -2.05. The highest BCUT2D eigenvalue weighted by atomic mass is 15.2. The van der Waals surface area contributed by atoms with Gasteiger partial charge in [-0.1, -0.05) is 18.2 Å². The average molecular weight is 266 g/mol. The molecule has 3 rings (SSSR count). The normalized spacial score (nSPS) is 11.5. The first-order valence-electron chi connectivity index (χ1n) is 6.32. The van der Waals surface area contributed by atoms with E-state index in [4.69, 9.17) is 0 Å². The molecule has 0 fully saturated rings. The number of nitrogens with one attached hydrogen (secondary N) is 1. The predicted molar refractivity (Wildman–Crippen MR) is 75.8 cm³/mol. The standard InChI is InChI=1S/C14H14N6/c1-9-4-3-5-10(2)11(9)6-19-20-14-12-13(16-7-15-12)17-8-18-14/h3-5,7-8H,6H2,1-2H3,(H,15,16,17,18). The van der Waals surface area contributed by atoms with Gasteiger partial charge in [0.05, 0.1) is 12.9 Å². The molecule has 0 radical (unpaired) electrons. The molecule has 2 heterocycles. The van der Waals surface area contributed by atoms with Crippen LogP contribution in [-0.2, 0) is 6.54 Å². The molecule has 0 spiro atoms. The Kier molecular flexibility index (Phi) is 3.20. The lowest BCUT2D eigenvalue weighted by Crippen LogP contribution is -1.91. The number of aromatic amines is 1. The largest absolute Gasteiger partial charge is 0.340 e. The summed E-state index contributed by atoms with van der Waals surface area (Å²) >= 11 is 0. The monoisotopic (exact) mass is 266 g/mol. The zero-order valence-corrected chi connectivity index (χ0v) is 11.3. The molecule has 20 heavy (non-hydrogen) atoms. The minimum atomic E-state index is 0.513. The van der Waals surface area contributed by atoms with Crippen LogP contribution in [0.15, 0.2) is 41.1 Å². The lowest BCUT2D eigenvalue weighted by atomic mass is 10.0. The maximum atomic E-state index is 4.25. The van der Waals surface area contributed by atoms with Crippen LogP contribution >= 0.6 is 0 Å². The molecule has 0 aliphatic rings. The number of nitrogens with zero attached hydrogens (tertiary/aromatic N) is 5. The molecule has 3 aromatic rings. The zero-order valence-electron chi connectivity index (χ0n) is 11.3. The van der Waals surface area contributed by atoms with Gasteiger partial charge in [-0.05, 0) is 30.5 Å². The van der Waals surface area contributed by atoms with Gasteiger partial charge in [0.15, 0.2) is 5.65 Å². The Labute approximate surface area is 116 Å². The Morgan fingerprint density at radius 1 is 1.10 bits per heavy atom. The molecule has 1 aromatic carbocycles. The number of aromatic nitrogens is 4. The molecule has 0 amide bonds. The number of benzene rings is 1. The minimum absolute atomic E-state index is 0.513. The van der Waals surface area contributed by atoms with Crippen LogP contribution in [0.3, 0.4) is 0 Å². The van der Waals surface area contributed by atoms with E-state index in [1.807, 2.05) is 6.07 Å². The molecule has 2 aromatic heterocycles. The fraction of sp³-hybridized carbons (Fsp3) is 0.214. The fourth-order valence-electron chi connectivity index (χ4n) is 2.10. The van der Waals surface area contributed by atoms with Gasteiger partial charge in [0.2, 0.25) is 5.82 Å². The Morgan fingerprint density at radius 2 is 1.90 bits per heavy atom. The van der Waals surface area contributed by atoms with Crippen LogP contribution in [0.1, 0.15) is 16.7 Å². The molecule has 1 N–H and O–H groups in total. The van der Waals surface area contributed by atoms with Crippen molar-refractivity contribution in [2.45, 2.75) is 20.4 Å². The van der Waals surface area contributed by atoms with Crippen LogP contribution in [0, 0.1) is 13.8 Å². The summed E-state index contributed by atoms with van der Waals surface area (Å²) < 4.78 is 0. The lowest BCUT2D eigenvalue weighted by molar-refractivity contribution is 0.927. The van der Waals surface area contributed by atoms with Crippen LogP contribution in [0.5, 0.6) is 0 Å². The van der Waals surface area contributed by atoms with Gasteiger partial charge < -0.3 is 4.98 Å².